The maximum absolute atomic E-state index is 13.1. The van der Waals surface area contributed by atoms with E-state index in [2.05, 4.69) is 0 Å². The number of hydrogen-bond acceptors (Lipinski definition) is 2. The molecule has 28 heavy (non-hydrogen) atoms. The fourth-order valence-electron chi connectivity index (χ4n) is 3.48. The number of hydrogen-bond donors (Lipinski definition) is 0. The van der Waals surface area contributed by atoms with Crippen molar-refractivity contribution in [2.75, 3.05) is 6.54 Å². The summed E-state index contributed by atoms with van der Waals surface area (Å²) in [6.45, 7) is 0.664. The Labute approximate surface area is 174 Å². The first-order valence-corrected chi connectivity index (χ1v) is 10.3. The van der Waals surface area contributed by atoms with Crippen molar-refractivity contribution in [2.45, 2.75) is 44.3 Å². The lowest BCUT2D eigenvalue weighted by molar-refractivity contribution is -0.133. The van der Waals surface area contributed by atoms with Gasteiger partial charge in [0.25, 0.3) is 5.91 Å². The standard InChI is InChI=1S/C21H23Cl2N3O2/c1-24-8-2-3-19(24)12-25(17-4-5-17)20(27)13-26(18-6-7-18)21(28)14-9-15(22)11-16(23)10-14/h2-3,8-11,17-18H,4-7,12-13H2,1H3. The van der Waals surface area contributed by atoms with Crippen LogP contribution in [-0.2, 0) is 18.4 Å². The molecule has 4 rings (SSSR count). The Balaban J connectivity index is 1.51. The Morgan fingerprint density at radius 3 is 2.18 bits per heavy atom. The van der Waals surface area contributed by atoms with E-state index in [-0.39, 0.29) is 30.4 Å². The molecule has 0 radical (unpaired) electrons. The molecule has 1 aromatic carbocycles. The van der Waals surface area contributed by atoms with Gasteiger partial charge in [0.15, 0.2) is 0 Å². The van der Waals surface area contributed by atoms with Crippen LogP contribution < -0.4 is 0 Å². The summed E-state index contributed by atoms with van der Waals surface area (Å²) in [5, 5.41) is 0.836. The van der Waals surface area contributed by atoms with Crippen molar-refractivity contribution in [3.05, 3.63) is 57.8 Å². The predicted molar refractivity (Wildman–Crippen MR) is 110 cm³/mol. The maximum atomic E-state index is 13.1. The minimum atomic E-state index is -0.185. The highest BCUT2D eigenvalue weighted by molar-refractivity contribution is 6.35. The lowest BCUT2D eigenvalue weighted by Crippen LogP contribution is -2.44. The Hall–Kier alpha value is -1.98. The van der Waals surface area contributed by atoms with Crippen molar-refractivity contribution in [3.8, 4) is 0 Å². The topological polar surface area (TPSA) is 45.6 Å². The molecule has 0 bridgehead atoms. The number of carbonyl (C=O) groups is 2. The molecule has 1 heterocycles. The quantitative estimate of drug-likeness (QED) is 0.676. The molecule has 2 amide bonds. The first-order valence-electron chi connectivity index (χ1n) is 9.59. The van der Waals surface area contributed by atoms with Crippen LogP contribution in [0.15, 0.2) is 36.5 Å². The van der Waals surface area contributed by atoms with E-state index in [0.717, 1.165) is 31.4 Å². The molecule has 148 valence electrons. The van der Waals surface area contributed by atoms with Crippen LogP contribution in [0.2, 0.25) is 10.0 Å². The molecule has 0 atom stereocenters. The molecule has 2 aromatic rings. The van der Waals surface area contributed by atoms with Gasteiger partial charge in [0, 0.05) is 46.6 Å². The SMILES string of the molecule is Cn1cccc1CN(C(=O)CN(C(=O)c1cc(Cl)cc(Cl)c1)C1CC1)C1CC1. The minimum absolute atomic E-state index is 0.00271. The van der Waals surface area contributed by atoms with Gasteiger partial charge >= 0.3 is 0 Å². The van der Waals surface area contributed by atoms with Crippen LogP contribution in [0.1, 0.15) is 41.7 Å². The fraction of sp³-hybridized carbons (Fsp3) is 0.429. The third-order valence-electron chi connectivity index (χ3n) is 5.36. The average molecular weight is 420 g/mol. The molecule has 0 spiro atoms. The van der Waals surface area contributed by atoms with Crippen LogP contribution in [0, 0.1) is 0 Å². The average Bonchev–Trinajstić information content (AvgIpc) is 3.55. The van der Waals surface area contributed by atoms with Crippen molar-refractivity contribution in [3.63, 3.8) is 0 Å². The van der Waals surface area contributed by atoms with E-state index >= 15 is 0 Å². The number of carbonyl (C=O) groups excluding carboxylic acids is 2. The lowest BCUT2D eigenvalue weighted by Gasteiger charge is -2.28. The van der Waals surface area contributed by atoms with Gasteiger partial charge in [-0.3, -0.25) is 9.59 Å². The third-order valence-corrected chi connectivity index (χ3v) is 5.79. The second kappa shape index (κ2) is 7.80. The molecule has 0 unspecified atom stereocenters. The van der Waals surface area contributed by atoms with Gasteiger partial charge in [0.2, 0.25) is 5.91 Å². The molecule has 2 saturated carbocycles. The Morgan fingerprint density at radius 2 is 1.64 bits per heavy atom. The Morgan fingerprint density at radius 1 is 1.04 bits per heavy atom. The summed E-state index contributed by atoms with van der Waals surface area (Å²) < 4.78 is 2.03. The molecule has 0 aliphatic heterocycles. The normalized spacial score (nSPS) is 16.1. The highest BCUT2D eigenvalue weighted by Crippen LogP contribution is 2.32. The van der Waals surface area contributed by atoms with Gasteiger partial charge in [0.1, 0.15) is 6.54 Å². The zero-order chi connectivity index (χ0) is 19.8. The maximum Gasteiger partial charge on any atom is 0.254 e. The van der Waals surface area contributed by atoms with E-state index in [9.17, 15) is 9.59 Å². The molecular formula is C21H23Cl2N3O2. The lowest BCUT2D eigenvalue weighted by atomic mass is 10.2. The highest BCUT2D eigenvalue weighted by atomic mass is 35.5. The van der Waals surface area contributed by atoms with Crippen LogP contribution in [0.25, 0.3) is 0 Å². The van der Waals surface area contributed by atoms with E-state index in [1.54, 1.807) is 23.1 Å². The summed E-state index contributed by atoms with van der Waals surface area (Å²) >= 11 is 12.1. The number of benzene rings is 1. The van der Waals surface area contributed by atoms with Gasteiger partial charge in [-0.1, -0.05) is 23.2 Å². The second-order valence-corrected chi connectivity index (χ2v) is 8.56. The van der Waals surface area contributed by atoms with E-state index in [4.69, 9.17) is 23.2 Å². The van der Waals surface area contributed by atoms with Gasteiger partial charge < -0.3 is 14.4 Å². The summed E-state index contributed by atoms with van der Waals surface area (Å²) in [7, 11) is 1.98. The van der Waals surface area contributed by atoms with Crippen LogP contribution >= 0.6 is 23.2 Å². The van der Waals surface area contributed by atoms with Gasteiger partial charge in [-0.05, 0) is 56.0 Å². The van der Waals surface area contributed by atoms with Crippen LogP contribution in [0.3, 0.4) is 0 Å². The molecule has 2 fully saturated rings. The number of aromatic nitrogens is 1. The first-order chi connectivity index (χ1) is 13.4. The summed E-state index contributed by atoms with van der Waals surface area (Å²) in [4.78, 5) is 29.8. The van der Waals surface area contributed by atoms with E-state index < -0.39 is 0 Å². The molecular weight excluding hydrogens is 397 g/mol. The zero-order valence-electron chi connectivity index (χ0n) is 15.8. The molecule has 7 heteroatoms. The molecule has 0 N–H and O–H groups in total. The van der Waals surface area contributed by atoms with Crippen molar-refractivity contribution < 1.29 is 9.59 Å². The second-order valence-electron chi connectivity index (χ2n) is 7.69. The largest absolute Gasteiger partial charge is 0.353 e. The molecule has 5 nitrogen and oxygen atoms in total. The summed E-state index contributed by atoms with van der Waals surface area (Å²) in [5.41, 5.74) is 1.52. The zero-order valence-corrected chi connectivity index (χ0v) is 17.3. The molecule has 2 aliphatic rings. The van der Waals surface area contributed by atoms with Crippen LogP contribution in [0.5, 0.6) is 0 Å². The third kappa shape index (κ3) is 4.36. The van der Waals surface area contributed by atoms with Gasteiger partial charge in [0.05, 0.1) is 6.54 Å². The highest BCUT2D eigenvalue weighted by Gasteiger charge is 2.38. The molecule has 0 saturated heterocycles. The van der Waals surface area contributed by atoms with Crippen molar-refractivity contribution in [2.24, 2.45) is 7.05 Å². The van der Waals surface area contributed by atoms with E-state index in [0.29, 0.717) is 22.2 Å². The van der Waals surface area contributed by atoms with Crippen molar-refractivity contribution in [1.82, 2.24) is 14.4 Å². The van der Waals surface area contributed by atoms with Crippen LogP contribution in [0.4, 0.5) is 0 Å². The first kappa shape index (κ1) is 19.3. The van der Waals surface area contributed by atoms with E-state index in [1.165, 1.54) is 0 Å². The number of amides is 2. The summed E-state index contributed by atoms with van der Waals surface area (Å²) in [6.07, 6.45) is 5.88. The molecule has 1 aromatic heterocycles. The number of nitrogens with zero attached hydrogens (tertiary/aromatic N) is 3. The smallest absolute Gasteiger partial charge is 0.254 e. The van der Waals surface area contributed by atoms with Crippen molar-refractivity contribution >= 4 is 35.0 Å². The minimum Gasteiger partial charge on any atom is -0.353 e. The van der Waals surface area contributed by atoms with E-state index in [1.807, 2.05) is 34.8 Å². The molecule has 2 aliphatic carbocycles. The van der Waals surface area contributed by atoms with Gasteiger partial charge in [-0.25, -0.2) is 0 Å². The van der Waals surface area contributed by atoms with Gasteiger partial charge in [-0.2, -0.15) is 0 Å². The predicted octanol–water partition coefficient (Wildman–Crippen LogP) is 4.13. The van der Waals surface area contributed by atoms with Crippen molar-refractivity contribution in [1.29, 1.82) is 0 Å². The summed E-state index contributed by atoms with van der Waals surface area (Å²) in [5.74, 6) is -0.188. The van der Waals surface area contributed by atoms with Gasteiger partial charge in [-0.15, -0.1) is 0 Å². The Kier molecular flexibility index (Phi) is 5.39. The van der Waals surface area contributed by atoms with Crippen LogP contribution in [-0.4, -0.2) is 44.8 Å². The Bertz CT molecular complexity index is 883. The fourth-order valence-corrected chi connectivity index (χ4v) is 4.00. The number of aryl methyl sites for hydroxylation is 1. The summed E-state index contributed by atoms with van der Waals surface area (Å²) in [6, 6.07) is 9.22. The monoisotopic (exact) mass is 419 g/mol. The number of rotatable bonds is 7. The number of halogens is 2.